The smallest absolute Gasteiger partial charge is 0.264 e. The molecule has 2 aromatic rings. The molecule has 1 amide bonds. The number of hydrogen-bond acceptors (Lipinski definition) is 5. The molecular formula is C24H30FN3O4S. The van der Waals surface area contributed by atoms with Gasteiger partial charge in [-0.2, -0.15) is 0 Å². The van der Waals surface area contributed by atoms with Crippen molar-refractivity contribution in [1.29, 1.82) is 0 Å². The van der Waals surface area contributed by atoms with E-state index in [0.717, 1.165) is 29.4 Å². The standard InChI is InChI=1S/C24H30FN3O4S/c1-33(31,32)24(9-10-24)15-27-11-12-28-21-17(3-2-4-20(21)27)13-19(23(28)30)22(29)26-14-16-5-7-18(25)8-6-16/h2-4,13,16,18H,5-12,14-15H2,1H3,(H,26,29). The van der Waals surface area contributed by atoms with Crippen molar-refractivity contribution in [2.75, 3.05) is 30.8 Å². The van der Waals surface area contributed by atoms with E-state index in [1.165, 1.54) is 6.26 Å². The molecule has 2 fully saturated rings. The van der Waals surface area contributed by atoms with E-state index >= 15 is 0 Å². The van der Waals surface area contributed by atoms with E-state index in [-0.39, 0.29) is 17.0 Å². The Kier molecular flexibility index (Phi) is 5.50. The van der Waals surface area contributed by atoms with E-state index < -0.39 is 26.7 Å². The predicted molar refractivity (Wildman–Crippen MR) is 126 cm³/mol. The Morgan fingerprint density at radius 2 is 1.91 bits per heavy atom. The van der Waals surface area contributed by atoms with Gasteiger partial charge >= 0.3 is 0 Å². The summed E-state index contributed by atoms with van der Waals surface area (Å²) in [5, 5.41) is 3.67. The fourth-order valence-electron chi connectivity index (χ4n) is 5.35. The van der Waals surface area contributed by atoms with Crippen LogP contribution in [0.15, 0.2) is 29.1 Å². The number of aromatic nitrogens is 1. The van der Waals surface area contributed by atoms with Crippen molar-refractivity contribution < 1.29 is 17.6 Å². The Hall–Kier alpha value is -2.42. The van der Waals surface area contributed by atoms with Crippen LogP contribution in [-0.4, -0.2) is 55.7 Å². The highest BCUT2D eigenvalue weighted by molar-refractivity contribution is 7.92. The summed E-state index contributed by atoms with van der Waals surface area (Å²) in [7, 11) is -3.17. The first-order valence-electron chi connectivity index (χ1n) is 11.7. The lowest BCUT2D eigenvalue weighted by Gasteiger charge is -2.34. The molecule has 2 aliphatic carbocycles. The van der Waals surface area contributed by atoms with Crippen LogP contribution >= 0.6 is 0 Å². The van der Waals surface area contributed by atoms with Gasteiger partial charge in [-0.05, 0) is 56.6 Å². The first-order valence-corrected chi connectivity index (χ1v) is 13.6. The number of rotatable bonds is 6. The Morgan fingerprint density at radius 3 is 2.58 bits per heavy atom. The van der Waals surface area contributed by atoms with Gasteiger partial charge in [-0.1, -0.05) is 12.1 Å². The molecular weight excluding hydrogens is 445 g/mol. The van der Waals surface area contributed by atoms with Crippen molar-refractivity contribution in [2.24, 2.45) is 5.92 Å². The zero-order valence-electron chi connectivity index (χ0n) is 18.8. The third kappa shape index (κ3) is 4.05. The van der Waals surface area contributed by atoms with E-state index in [0.29, 0.717) is 51.9 Å². The highest BCUT2D eigenvalue weighted by Crippen LogP contribution is 2.45. The molecule has 0 spiro atoms. The zero-order chi connectivity index (χ0) is 23.4. The van der Waals surface area contributed by atoms with E-state index in [1.807, 2.05) is 18.2 Å². The molecule has 5 rings (SSSR count). The maximum Gasteiger partial charge on any atom is 0.264 e. The molecule has 3 aliphatic rings. The minimum Gasteiger partial charge on any atom is -0.366 e. The maximum absolute atomic E-state index is 13.4. The lowest BCUT2D eigenvalue weighted by atomic mass is 9.88. The van der Waals surface area contributed by atoms with Gasteiger partial charge in [-0.3, -0.25) is 9.59 Å². The van der Waals surface area contributed by atoms with Crippen LogP contribution in [0.3, 0.4) is 0 Å². The summed E-state index contributed by atoms with van der Waals surface area (Å²) < 4.78 is 38.9. The highest BCUT2D eigenvalue weighted by Gasteiger charge is 2.53. The number of halogens is 1. The normalized spacial score (nSPS) is 24.0. The molecule has 178 valence electrons. The number of carbonyl (C=O) groups is 1. The fraction of sp³-hybridized carbons (Fsp3) is 0.583. The number of benzene rings is 1. The van der Waals surface area contributed by atoms with Gasteiger partial charge in [0.1, 0.15) is 11.7 Å². The first-order chi connectivity index (χ1) is 15.7. The van der Waals surface area contributed by atoms with Crippen LogP contribution in [0.5, 0.6) is 0 Å². The number of hydrogen-bond donors (Lipinski definition) is 1. The molecule has 1 N–H and O–H groups in total. The van der Waals surface area contributed by atoms with Crippen molar-refractivity contribution >= 4 is 32.3 Å². The van der Waals surface area contributed by atoms with Crippen LogP contribution in [0.1, 0.15) is 48.9 Å². The number of para-hydroxylation sites is 1. The van der Waals surface area contributed by atoms with E-state index in [1.54, 1.807) is 10.6 Å². The number of carbonyl (C=O) groups excluding carboxylic acids is 1. The number of sulfone groups is 1. The lowest BCUT2D eigenvalue weighted by Crippen LogP contribution is -2.44. The molecule has 0 bridgehead atoms. The summed E-state index contributed by atoms with van der Waals surface area (Å²) in [6.07, 6.45) is 4.45. The maximum atomic E-state index is 13.4. The summed E-state index contributed by atoms with van der Waals surface area (Å²) in [5.41, 5.74) is 1.36. The van der Waals surface area contributed by atoms with Crippen LogP contribution < -0.4 is 15.8 Å². The van der Waals surface area contributed by atoms with E-state index in [4.69, 9.17) is 0 Å². The molecule has 0 radical (unpaired) electrons. The van der Waals surface area contributed by atoms with Gasteiger partial charge in [0.25, 0.3) is 11.5 Å². The van der Waals surface area contributed by atoms with Crippen LogP contribution in [0.2, 0.25) is 0 Å². The van der Waals surface area contributed by atoms with Crippen molar-refractivity contribution in [3.05, 3.63) is 40.2 Å². The summed E-state index contributed by atoms with van der Waals surface area (Å²) in [6.45, 7) is 1.78. The molecule has 0 atom stereocenters. The molecule has 1 aromatic carbocycles. The fourth-order valence-corrected chi connectivity index (χ4v) is 6.59. The average Bonchev–Trinajstić information content (AvgIpc) is 3.57. The highest BCUT2D eigenvalue weighted by atomic mass is 32.2. The number of pyridine rings is 1. The summed E-state index contributed by atoms with van der Waals surface area (Å²) in [6, 6.07) is 7.30. The predicted octanol–water partition coefficient (Wildman–Crippen LogP) is 2.66. The minimum atomic E-state index is -3.17. The van der Waals surface area contributed by atoms with Gasteiger partial charge in [0, 0.05) is 37.8 Å². The molecule has 2 heterocycles. The average molecular weight is 476 g/mol. The molecule has 0 unspecified atom stereocenters. The summed E-state index contributed by atoms with van der Waals surface area (Å²) >= 11 is 0. The SMILES string of the molecule is CS(=O)(=O)C1(CN2CCn3c(=O)c(C(=O)NCC4CCC(F)CC4)cc4cccc2c43)CC1. The van der Waals surface area contributed by atoms with Crippen molar-refractivity contribution in [1.82, 2.24) is 9.88 Å². The molecule has 1 aliphatic heterocycles. The van der Waals surface area contributed by atoms with Crippen LogP contribution in [-0.2, 0) is 16.4 Å². The van der Waals surface area contributed by atoms with Gasteiger partial charge < -0.3 is 14.8 Å². The third-order valence-corrected chi connectivity index (χ3v) is 9.78. The van der Waals surface area contributed by atoms with Crippen LogP contribution in [0, 0.1) is 5.92 Å². The third-order valence-electron chi connectivity index (χ3n) is 7.67. The number of nitrogens with one attached hydrogen (secondary N) is 1. The van der Waals surface area contributed by atoms with Crippen molar-refractivity contribution in [3.8, 4) is 0 Å². The Morgan fingerprint density at radius 1 is 1.18 bits per heavy atom. The largest absolute Gasteiger partial charge is 0.366 e. The van der Waals surface area contributed by atoms with Crippen LogP contribution in [0.25, 0.3) is 10.9 Å². The monoisotopic (exact) mass is 475 g/mol. The molecule has 0 saturated heterocycles. The van der Waals surface area contributed by atoms with Crippen LogP contribution in [0.4, 0.5) is 10.1 Å². The van der Waals surface area contributed by atoms with Gasteiger partial charge in [-0.25, -0.2) is 12.8 Å². The molecule has 9 heteroatoms. The zero-order valence-corrected chi connectivity index (χ0v) is 19.7. The molecule has 33 heavy (non-hydrogen) atoms. The van der Waals surface area contributed by atoms with Gasteiger partial charge in [-0.15, -0.1) is 0 Å². The quantitative estimate of drug-likeness (QED) is 0.694. The van der Waals surface area contributed by atoms with E-state index in [2.05, 4.69) is 10.2 Å². The molecule has 1 aromatic heterocycles. The summed E-state index contributed by atoms with van der Waals surface area (Å²) in [5.74, 6) is -0.151. The Balaban J connectivity index is 1.41. The van der Waals surface area contributed by atoms with Gasteiger partial charge in [0.15, 0.2) is 9.84 Å². The second-order valence-corrected chi connectivity index (χ2v) is 12.3. The number of nitrogens with zero attached hydrogens (tertiary/aromatic N) is 2. The van der Waals surface area contributed by atoms with Gasteiger partial charge in [0.05, 0.1) is 16.0 Å². The van der Waals surface area contributed by atoms with Crippen molar-refractivity contribution in [2.45, 2.75) is 56.0 Å². The van der Waals surface area contributed by atoms with Gasteiger partial charge in [0.2, 0.25) is 0 Å². The Labute approximate surface area is 192 Å². The van der Waals surface area contributed by atoms with Crippen molar-refractivity contribution in [3.63, 3.8) is 0 Å². The molecule has 7 nitrogen and oxygen atoms in total. The lowest BCUT2D eigenvalue weighted by molar-refractivity contribution is 0.0937. The summed E-state index contributed by atoms with van der Waals surface area (Å²) in [4.78, 5) is 28.2. The second-order valence-electron chi connectivity index (χ2n) is 9.93. The number of alkyl halides is 1. The Bertz CT molecular complexity index is 1260. The minimum absolute atomic E-state index is 0.113. The second kappa shape index (κ2) is 8.11. The number of amides is 1. The number of anilines is 1. The first kappa shape index (κ1) is 22.4. The topological polar surface area (TPSA) is 88.5 Å². The molecule has 2 saturated carbocycles. The van der Waals surface area contributed by atoms with E-state index in [9.17, 15) is 22.4 Å².